The number of hydrogen-bond donors (Lipinski definition) is 2. The average molecular weight is 269 g/mol. The molecule has 1 aliphatic heterocycles. The lowest BCUT2D eigenvalue weighted by atomic mass is 9.85. The molecular formula is C15H31N3O. The van der Waals surface area contributed by atoms with E-state index in [0.29, 0.717) is 31.0 Å². The minimum absolute atomic E-state index is 0.117. The number of nitrogens with one attached hydrogen (secondary N) is 1. The summed E-state index contributed by atoms with van der Waals surface area (Å²) in [5, 5.41) is 3.11. The van der Waals surface area contributed by atoms with Crippen LogP contribution in [0, 0.1) is 11.8 Å². The van der Waals surface area contributed by atoms with Gasteiger partial charge < -0.3 is 11.1 Å². The van der Waals surface area contributed by atoms with Gasteiger partial charge in [-0.1, -0.05) is 20.8 Å². The van der Waals surface area contributed by atoms with Crippen LogP contribution >= 0.6 is 0 Å². The van der Waals surface area contributed by atoms with E-state index >= 15 is 0 Å². The Bertz CT molecular complexity index is 304. The van der Waals surface area contributed by atoms with Crippen LogP contribution in [0.4, 0.5) is 0 Å². The SMILES string of the molecule is CCC(C)(C)NC(=O)CN1CC(C)CC(C)C1CN. The van der Waals surface area contributed by atoms with Crippen molar-refractivity contribution in [2.45, 2.75) is 59.0 Å². The highest BCUT2D eigenvalue weighted by molar-refractivity contribution is 5.78. The van der Waals surface area contributed by atoms with Crippen LogP contribution in [0.25, 0.3) is 0 Å². The minimum atomic E-state index is -0.123. The van der Waals surface area contributed by atoms with Gasteiger partial charge in [-0.15, -0.1) is 0 Å². The molecule has 1 fully saturated rings. The fourth-order valence-electron chi connectivity index (χ4n) is 3.01. The van der Waals surface area contributed by atoms with E-state index in [9.17, 15) is 4.79 Å². The Hall–Kier alpha value is -0.610. The Labute approximate surface area is 118 Å². The van der Waals surface area contributed by atoms with Crippen molar-refractivity contribution in [1.29, 1.82) is 0 Å². The van der Waals surface area contributed by atoms with Gasteiger partial charge in [0.2, 0.25) is 5.91 Å². The largest absolute Gasteiger partial charge is 0.350 e. The van der Waals surface area contributed by atoms with Gasteiger partial charge in [-0.05, 0) is 38.5 Å². The summed E-state index contributed by atoms with van der Waals surface area (Å²) < 4.78 is 0. The molecule has 0 spiro atoms. The van der Waals surface area contributed by atoms with E-state index in [2.05, 4.69) is 44.8 Å². The van der Waals surface area contributed by atoms with Crippen molar-refractivity contribution >= 4 is 5.91 Å². The van der Waals surface area contributed by atoms with Crippen molar-refractivity contribution in [2.24, 2.45) is 17.6 Å². The summed E-state index contributed by atoms with van der Waals surface area (Å²) >= 11 is 0. The molecule has 0 saturated carbocycles. The normalized spacial score (nSPS) is 29.3. The van der Waals surface area contributed by atoms with Gasteiger partial charge in [0.05, 0.1) is 6.54 Å². The average Bonchev–Trinajstić information content (AvgIpc) is 2.27. The van der Waals surface area contributed by atoms with E-state index in [0.717, 1.165) is 13.0 Å². The van der Waals surface area contributed by atoms with Gasteiger partial charge in [0, 0.05) is 24.7 Å². The Morgan fingerprint density at radius 3 is 2.58 bits per heavy atom. The topological polar surface area (TPSA) is 58.4 Å². The monoisotopic (exact) mass is 269 g/mol. The predicted molar refractivity (Wildman–Crippen MR) is 79.9 cm³/mol. The van der Waals surface area contributed by atoms with E-state index in [-0.39, 0.29) is 11.4 Å². The van der Waals surface area contributed by atoms with E-state index < -0.39 is 0 Å². The number of amides is 1. The molecule has 0 aromatic heterocycles. The number of likely N-dealkylation sites (tertiary alicyclic amines) is 1. The van der Waals surface area contributed by atoms with Crippen molar-refractivity contribution in [3.8, 4) is 0 Å². The van der Waals surface area contributed by atoms with Crippen molar-refractivity contribution < 1.29 is 4.79 Å². The molecule has 0 bridgehead atoms. The molecule has 3 N–H and O–H groups in total. The first-order valence-electron chi connectivity index (χ1n) is 7.54. The summed E-state index contributed by atoms with van der Waals surface area (Å²) in [7, 11) is 0. The van der Waals surface area contributed by atoms with Crippen LogP contribution in [-0.4, -0.2) is 42.0 Å². The van der Waals surface area contributed by atoms with E-state index in [1.165, 1.54) is 6.42 Å². The number of nitrogens with zero attached hydrogens (tertiary/aromatic N) is 1. The summed E-state index contributed by atoms with van der Waals surface area (Å²) in [4.78, 5) is 14.4. The highest BCUT2D eigenvalue weighted by Gasteiger charge is 2.32. The summed E-state index contributed by atoms with van der Waals surface area (Å²) in [5.41, 5.74) is 5.76. The summed E-state index contributed by atoms with van der Waals surface area (Å²) in [5.74, 6) is 1.33. The first-order valence-corrected chi connectivity index (χ1v) is 7.54. The van der Waals surface area contributed by atoms with E-state index in [1.54, 1.807) is 0 Å². The van der Waals surface area contributed by atoms with Gasteiger partial charge in [0.15, 0.2) is 0 Å². The van der Waals surface area contributed by atoms with Crippen LogP contribution in [0.15, 0.2) is 0 Å². The quantitative estimate of drug-likeness (QED) is 0.797. The zero-order chi connectivity index (χ0) is 14.6. The molecule has 0 aromatic rings. The van der Waals surface area contributed by atoms with Crippen molar-refractivity contribution in [3.05, 3.63) is 0 Å². The van der Waals surface area contributed by atoms with Gasteiger partial charge in [-0.2, -0.15) is 0 Å². The molecular weight excluding hydrogens is 238 g/mol. The Morgan fingerprint density at radius 1 is 1.42 bits per heavy atom. The molecule has 1 aliphatic rings. The number of hydrogen-bond acceptors (Lipinski definition) is 3. The maximum absolute atomic E-state index is 12.2. The van der Waals surface area contributed by atoms with Gasteiger partial charge in [0.25, 0.3) is 0 Å². The molecule has 1 amide bonds. The number of carbonyl (C=O) groups excluding carboxylic acids is 1. The van der Waals surface area contributed by atoms with Crippen LogP contribution in [0.3, 0.4) is 0 Å². The van der Waals surface area contributed by atoms with Gasteiger partial charge in [-0.3, -0.25) is 9.69 Å². The number of nitrogens with two attached hydrogens (primary N) is 1. The van der Waals surface area contributed by atoms with E-state index in [1.807, 2.05) is 0 Å². The Morgan fingerprint density at radius 2 is 2.05 bits per heavy atom. The first kappa shape index (κ1) is 16.4. The first-order chi connectivity index (χ1) is 8.79. The van der Waals surface area contributed by atoms with Gasteiger partial charge >= 0.3 is 0 Å². The molecule has 1 saturated heterocycles. The molecule has 4 heteroatoms. The Balaban J connectivity index is 2.60. The molecule has 3 atom stereocenters. The summed E-state index contributed by atoms with van der Waals surface area (Å²) in [6, 6.07) is 0.340. The van der Waals surface area contributed by atoms with Crippen LogP contribution in [0.1, 0.15) is 47.5 Å². The molecule has 0 aromatic carbocycles. The fraction of sp³-hybridized carbons (Fsp3) is 0.933. The van der Waals surface area contributed by atoms with Gasteiger partial charge in [-0.25, -0.2) is 0 Å². The summed E-state index contributed by atoms with van der Waals surface area (Å²) in [6.45, 7) is 12.8. The molecule has 1 heterocycles. The van der Waals surface area contributed by atoms with Crippen LogP contribution in [0.2, 0.25) is 0 Å². The third-order valence-corrected chi connectivity index (χ3v) is 4.40. The molecule has 3 unspecified atom stereocenters. The zero-order valence-corrected chi connectivity index (χ0v) is 13.2. The highest BCUT2D eigenvalue weighted by Crippen LogP contribution is 2.26. The highest BCUT2D eigenvalue weighted by atomic mass is 16.2. The second-order valence-corrected chi connectivity index (χ2v) is 6.84. The number of carbonyl (C=O) groups is 1. The maximum Gasteiger partial charge on any atom is 0.234 e. The maximum atomic E-state index is 12.2. The van der Waals surface area contributed by atoms with Crippen molar-refractivity contribution in [3.63, 3.8) is 0 Å². The molecule has 4 nitrogen and oxygen atoms in total. The van der Waals surface area contributed by atoms with E-state index in [4.69, 9.17) is 5.73 Å². The molecule has 19 heavy (non-hydrogen) atoms. The van der Waals surface area contributed by atoms with Crippen LogP contribution in [-0.2, 0) is 4.79 Å². The predicted octanol–water partition coefficient (Wildman–Crippen LogP) is 1.60. The standard InChI is InChI=1S/C15H31N3O/c1-6-15(4,5)17-14(19)10-18-9-11(2)7-12(3)13(18)8-16/h11-13H,6-10,16H2,1-5H3,(H,17,19). The van der Waals surface area contributed by atoms with Crippen LogP contribution in [0.5, 0.6) is 0 Å². The fourth-order valence-corrected chi connectivity index (χ4v) is 3.01. The van der Waals surface area contributed by atoms with Crippen molar-refractivity contribution in [2.75, 3.05) is 19.6 Å². The molecule has 0 aliphatic carbocycles. The third-order valence-electron chi connectivity index (χ3n) is 4.40. The third kappa shape index (κ3) is 4.77. The molecule has 112 valence electrons. The smallest absolute Gasteiger partial charge is 0.234 e. The second kappa shape index (κ2) is 6.71. The number of piperidine rings is 1. The van der Waals surface area contributed by atoms with Crippen LogP contribution < -0.4 is 11.1 Å². The number of rotatable bonds is 5. The summed E-state index contributed by atoms with van der Waals surface area (Å²) in [6.07, 6.45) is 2.15. The Kier molecular flexibility index (Phi) is 5.81. The van der Waals surface area contributed by atoms with Gasteiger partial charge in [0.1, 0.15) is 0 Å². The second-order valence-electron chi connectivity index (χ2n) is 6.84. The minimum Gasteiger partial charge on any atom is -0.350 e. The molecule has 0 radical (unpaired) electrons. The lowest BCUT2D eigenvalue weighted by molar-refractivity contribution is -0.125. The molecule has 1 rings (SSSR count). The lowest BCUT2D eigenvalue weighted by Gasteiger charge is -2.42. The lowest BCUT2D eigenvalue weighted by Crippen LogP contribution is -2.55. The van der Waals surface area contributed by atoms with Crippen molar-refractivity contribution in [1.82, 2.24) is 10.2 Å². The zero-order valence-electron chi connectivity index (χ0n) is 13.2.